The summed E-state index contributed by atoms with van der Waals surface area (Å²) in [5.41, 5.74) is 0. The van der Waals surface area contributed by atoms with Crippen molar-refractivity contribution in [3.05, 3.63) is 0 Å². The summed E-state index contributed by atoms with van der Waals surface area (Å²) in [6.07, 6.45) is 5.91. The molecule has 1 rings (SSSR count). The predicted molar refractivity (Wildman–Crippen MR) is 73.6 cm³/mol. The number of hydrogen-bond donors (Lipinski definition) is 1. The van der Waals surface area contributed by atoms with E-state index >= 15 is 0 Å². The minimum absolute atomic E-state index is 0.145. The largest absolute Gasteiger partial charge is 0.468 e. The lowest BCUT2D eigenvalue weighted by molar-refractivity contribution is -0.143. The van der Waals surface area contributed by atoms with Crippen LogP contribution in [-0.2, 0) is 9.53 Å². The first-order chi connectivity index (χ1) is 8.69. The van der Waals surface area contributed by atoms with Crippen molar-refractivity contribution in [1.82, 2.24) is 10.2 Å². The van der Waals surface area contributed by atoms with Crippen LogP contribution in [0.25, 0.3) is 0 Å². The average Bonchev–Trinajstić information content (AvgIpc) is 2.40. The van der Waals surface area contributed by atoms with Crippen LogP contribution in [0.15, 0.2) is 0 Å². The summed E-state index contributed by atoms with van der Waals surface area (Å²) in [7, 11) is 1.45. The van der Waals surface area contributed by atoms with Crippen LogP contribution in [0.4, 0.5) is 0 Å². The van der Waals surface area contributed by atoms with Crippen molar-refractivity contribution in [1.29, 1.82) is 0 Å². The second-order valence-corrected chi connectivity index (χ2v) is 5.17. The second-order valence-electron chi connectivity index (χ2n) is 5.17. The number of piperidine rings is 1. The summed E-state index contributed by atoms with van der Waals surface area (Å²) < 4.78 is 4.76. The fourth-order valence-corrected chi connectivity index (χ4v) is 2.58. The van der Waals surface area contributed by atoms with Crippen LogP contribution in [0.3, 0.4) is 0 Å². The molecule has 0 bridgehead atoms. The number of ether oxygens (including phenoxy) is 1. The predicted octanol–water partition coefficient (Wildman–Crippen LogP) is 1.79. The van der Waals surface area contributed by atoms with Crippen LogP contribution in [-0.4, -0.2) is 49.7 Å². The van der Waals surface area contributed by atoms with Crippen LogP contribution < -0.4 is 5.32 Å². The number of esters is 1. The van der Waals surface area contributed by atoms with Crippen molar-refractivity contribution >= 4 is 5.97 Å². The van der Waals surface area contributed by atoms with Crippen molar-refractivity contribution in [2.24, 2.45) is 0 Å². The van der Waals surface area contributed by atoms with Crippen LogP contribution in [0.1, 0.15) is 46.0 Å². The Morgan fingerprint density at radius 3 is 2.89 bits per heavy atom. The Kier molecular flexibility index (Phi) is 7.28. The third kappa shape index (κ3) is 4.94. The van der Waals surface area contributed by atoms with Gasteiger partial charge < -0.3 is 15.0 Å². The molecule has 4 heteroatoms. The first kappa shape index (κ1) is 15.4. The van der Waals surface area contributed by atoms with Crippen LogP contribution in [0.2, 0.25) is 0 Å². The van der Waals surface area contributed by atoms with Gasteiger partial charge in [0.05, 0.1) is 7.11 Å². The SMILES string of the molecule is CCC(NCCCN1CCCCC1C)C(=O)OC. The van der Waals surface area contributed by atoms with Crippen LogP contribution >= 0.6 is 0 Å². The van der Waals surface area contributed by atoms with Gasteiger partial charge in [-0.3, -0.25) is 4.79 Å². The molecule has 106 valence electrons. The molecule has 2 unspecified atom stereocenters. The van der Waals surface area contributed by atoms with E-state index in [9.17, 15) is 4.79 Å². The topological polar surface area (TPSA) is 41.6 Å². The quantitative estimate of drug-likeness (QED) is 0.557. The van der Waals surface area contributed by atoms with Crippen LogP contribution in [0, 0.1) is 0 Å². The molecular weight excluding hydrogens is 228 g/mol. The standard InChI is InChI=1S/C14H28N2O2/c1-4-13(14(17)18-3)15-9-7-11-16-10-6-5-8-12(16)2/h12-13,15H,4-11H2,1-3H3. The zero-order chi connectivity index (χ0) is 13.4. The first-order valence-electron chi connectivity index (χ1n) is 7.24. The maximum absolute atomic E-state index is 11.4. The lowest BCUT2D eigenvalue weighted by atomic mass is 10.0. The molecule has 0 saturated carbocycles. The molecule has 1 fully saturated rings. The Hall–Kier alpha value is -0.610. The average molecular weight is 256 g/mol. The number of likely N-dealkylation sites (tertiary alicyclic amines) is 1. The van der Waals surface area contributed by atoms with Gasteiger partial charge in [0.15, 0.2) is 0 Å². The van der Waals surface area contributed by atoms with Gasteiger partial charge in [0.1, 0.15) is 6.04 Å². The van der Waals surface area contributed by atoms with Gasteiger partial charge in [-0.05, 0) is 52.2 Å². The van der Waals surface area contributed by atoms with Gasteiger partial charge in [-0.25, -0.2) is 0 Å². The van der Waals surface area contributed by atoms with Crippen molar-refractivity contribution < 1.29 is 9.53 Å². The molecule has 0 amide bonds. The Morgan fingerprint density at radius 1 is 1.50 bits per heavy atom. The van der Waals surface area contributed by atoms with E-state index in [1.165, 1.54) is 32.9 Å². The third-order valence-corrected chi connectivity index (χ3v) is 3.85. The van der Waals surface area contributed by atoms with Crippen molar-refractivity contribution in [3.8, 4) is 0 Å². The van der Waals surface area contributed by atoms with Gasteiger partial charge in [-0.2, -0.15) is 0 Å². The minimum atomic E-state index is -0.149. The molecule has 2 atom stereocenters. The Bertz CT molecular complexity index is 246. The highest BCUT2D eigenvalue weighted by Gasteiger charge is 2.18. The molecule has 0 aliphatic carbocycles. The normalized spacial score (nSPS) is 22.7. The summed E-state index contributed by atoms with van der Waals surface area (Å²) in [6, 6.07) is 0.579. The minimum Gasteiger partial charge on any atom is -0.468 e. The molecule has 18 heavy (non-hydrogen) atoms. The number of nitrogens with zero attached hydrogens (tertiary/aromatic N) is 1. The number of methoxy groups -OCH3 is 1. The molecule has 0 aromatic carbocycles. The van der Waals surface area contributed by atoms with E-state index in [0.29, 0.717) is 0 Å². The maximum Gasteiger partial charge on any atom is 0.322 e. The highest BCUT2D eigenvalue weighted by molar-refractivity contribution is 5.75. The Labute approximate surface area is 111 Å². The smallest absolute Gasteiger partial charge is 0.322 e. The fourth-order valence-electron chi connectivity index (χ4n) is 2.58. The van der Waals surface area contributed by atoms with E-state index in [4.69, 9.17) is 4.74 Å². The molecule has 1 N–H and O–H groups in total. The molecule has 1 heterocycles. The number of nitrogens with one attached hydrogen (secondary N) is 1. The lowest BCUT2D eigenvalue weighted by Crippen LogP contribution is -2.41. The number of hydrogen-bond acceptors (Lipinski definition) is 4. The molecule has 1 saturated heterocycles. The van der Waals surface area contributed by atoms with Crippen LogP contribution in [0.5, 0.6) is 0 Å². The van der Waals surface area contributed by atoms with Crippen molar-refractivity contribution in [2.45, 2.75) is 58.0 Å². The summed E-state index contributed by atoms with van der Waals surface area (Å²) in [5.74, 6) is -0.149. The van der Waals surface area contributed by atoms with E-state index in [1.807, 2.05) is 6.92 Å². The maximum atomic E-state index is 11.4. The monoisotopic (exact) mass is 256 g/mol. The first-order valence-corrected chi connectivity index (χ1v) is 7.24. The zero-order valence-corrected chi connectivity index (χ0v) is 12.1. The summed E-state index contributed by atoms with van der Waals surface area (Å²) in [5, 5.41) is 3.27. The molecule has 4 nitrogen and oxygen atoms in total. The van der Waals surface area contributed by atoms with Gasteiger partial charge in [0, 0.05) is 6.04 Å². The van der Waals surface area contributed by atoms with Gasteiger partial charge in [0.2, 0.25) is 0 Å². The van der Waals surface area contributed by atoms with Crippen molar-refractivity contribution in [3.63, 3.8) is 0 Å². The number of carbonyl (C=O) groups is 1. The molecule has 0 aromatic rings. The molecule has 1 aliphatic heterocycles. The fraction of sp³-hybridized carbons (Fsp3) is 0.929. The van der Waals surface area contributed by atoms with Crippen molar-refractivity contribution in [2.75, 3.05) is 26.7 Å². The van der Waals surface area contributed by atoms with E-state index in [0.717, 1.165) is 32.0 Å². The second kappa shape index (κ2) is 8.48. The highest BCUT2D eigenvalue weighted by atomic mass is 16.5. The van der Waals surface area contributed by atoms with E-state index in [1.54, 1.807) is 0 Å². The van der Waals surface area contributed by atoms with Gasteiger partial charge >= 0.3 is 5.97 Å². The molecule has 1 aliphatic rings. The molecule has 0 spiro atoms. The van der Waals surface area contributed by atoms with Gasteiger partial charge in [0.25, 0.3) is 0 Å². The highest BCUT2D eigenvalue weighted by Crippen LogP contribution is 2.16. The number of rotatable bonds is 7. The number of carbonyl (C=O) groups excluding carboxylic acids is 1. The summed E-state index contributed by atoms with van der Waals surface area (Å²) >= 11 is 0. The lowest BCUT2D eigenvalue weighted by Gasteiger charge is -2.33. The van der Waals surface area contributed by atoms with Gasteiger partial charge in [-0.1, -0.05) is 13.3 Å². The summed E-state index contributed by atoms with van der Waals surface area (Å²) in [6.45, 7) is 7.56. The van der Waals surface area contributed by atoms with Gasteiger partial charge in [-0.15, -0.1) is 0 Å². The summed E-state index contributed by atoms with van der Waals surface area (Å²) in [4.78, 5) is 14.0. The molecule has 0 radical (unpaired) electrons. The van der Waals surface area contributed by atoms with E-state index < -0.39 is 0 Å². The molecular formula is C14H28N2O2. The molecule has 0 aromatic heterocycles. The Balaban J connectivity index is 2.15. The van der Waals surface area contributed by atoms with E-state index in [2.05, 4.69) is 17.1 Å². The Morgan fingerprint density at radius 2 is 2.28 bits per heavy atom. The van der Waals surface area contributed by atoms with E-state index in [-0.39, 0.29) is 12.0 Å². The third-order valence-electron chi connectivity index (χ3n) is 3.85. The zero-order valence-electron chi connectivity index (χ0n) is 12.1.